The molecular weight excluding hydrogens is 198 g/mol. The number of nitrogens with zero attached hydrogens (tertiary/aromatic N) is 1. The molecule has 0 atom stereocenters. The predicted octanol–water partition coefficient (Wildman–Crippen LogP) is 0.928. The summed E-state index contributed by atoms with van der Waals surface area (Å²) in [5, 5.41) is 0. The van der Waals surface area contributed by atoms with E-state index >= 15 is 0 Å². The first kappa shape index (κ1) is 9.63. The topological polar surface area (TPSA) is 56.3 Å². The molecule has 0 N–H and O–H groups in total. The molecule has 68 valence electrons. The van der Waals surface area contributed by atoms with Crippen LogP contribution < -0.4 is 0 Å². The summed E-state index contributed by atoms with van der Waals surface area (Å²) in [5.41, 5.74) is 2.49. The molecule has 0 aliphatic rings. The molecule has 0 bridgehead atoms. The minimum Gasteiger partial charge on any atom is -0.265 e. The molecule has 0 radical (unpaired) electrons. The zero-order chi connectivity index (χ0) is 9.19. The van der Waals surface area contributed by atoms with Crippen LogP contribution in [-0.4, -0.2) is 19.7 Å². The number of hydrogen-bond acceptors (Lipinski definition) is 5. The Morgan fingerprint density at radius 3 is 2.75 bits per heavy atom. The van der Waals surface area contributed by atoms with Crippen LogP contribution in [0.15, 0.2) is 5.51 Å². The third kappa shape index (κ3) is 2.88. The second-order valence-electron chi connectivity index (χ2n) is 2.33. The highest BCUT2D eigenvalue weighted by molar-refractivity contribution is 7.85. The van der Waals surface area contributed by atoms with Crippen molar-refractivity contribution >= 4 is 21.5 Å². The van der Waals surface area contributed by atoms with Crippen molar-refractivity contribution < 1.29 is 12.6 Å². The van der Waals surface area contributed by atoms with Gasteiger partial charge in [-0.1, -0.05) is 0 Å². The molecule has 0 saturated heterocycles. The standard InChI is InChI=1S/C6H9NO3S2/c1-5-6(11-4-7-5)3-10-12(2,8)9/h4H,3H2,1-2H3. The van der Waals surface area contributed by atoms with Gasteiger partial charge in [0.25, 0.3) is 10.1 Å². The summed E-state index contributed by atoms with van der Waals surface area (Å²) in [6.45, 7) is 1.91. The second kappa shape index (κ2) is 3.51. The number of aryl methyl sites for hydroxylation is 1. The Bertz CT molecular complexity index is 355. The van der Waals surface area contributed by atoms with E-state index in [1.165, 1.54) is 11.3 Å². The molecule has 12 heavy (non-hydrogen) atoms. The minimum absolute atomic E-state index is 0.0926. The highest BCUT2D eigenvalue weighted by Gasteiger charge is 2.06. The van der Waals surface area contributed by atoms with E-state index in [0.29, 0.717) is 0 Å². The van der Waals surface area contributed by atoms with Crippen LogP contribution in [0.25, 0.3) is 0 Å². The normalized spacial score (nSPS) is 11.8. The third-order valence-corrected chi connectivity index (χ3v) is 2.70. The van der Waals surface area contributed by atoms with Crippen molar-refractivity contribution in [1.29, 1.82) is 0 Å². The quantitative estimate of drug-likeness (QED) is 0.692. The van der Waals surface area contributed by atoms with Crippen molar-refractivity contribution in [3.05, 3.63) is 16.1 Å². The molecule has 1 rings (SSSR count). The van der Waals surface area contributed by atoms with Crippen molar-refractivity contribution in [1.82, 2.24) is 4.98 Å². The van der Waals surface area contributed by atoms with Crippen LogP contribution in [0, 0.1) is 6.92 Å². The molecular formula is C6H9NO3S2. The third-order valence-electron chi connectivity index (χ3n) is 1.25. The van der Waals surface area contributed by atoms with Crippen LogP contribution in [0.1, 0.15) is 10.6 Å². The average Bonchev–Trinajstić information content (AvgIpc) is 2.29. The van der Waals surface area contributed by atoms with Gasteiger partial charge in [-0.05, 0) is 6.92 Å². The van der Waals surface area contributed by atoms with Gasteiger partial charge in [0.2, 0.25) is 0 Å². The van der Waals surface area contributed by atoms with Crippen molar-refractivity contribution in [2.24, 2.45) is 0 Å². The predicted molar refractivity (Wildman–Crippen MR) is 46.5 cm³/mol. The zero-order valence-corrected chi connectivity index (χ0v) is 8.41. The molecule has 0 aliphatic heterocycles. The van der Waals surface area contributed by atoms with Crippen LogP contribution in [0.2, 0.25) is 0 Å². The summed E-state index contributed by atoms with van der Waals surface area (Å²) < 4.78 is 25.8. The summed E-state index contributed by atoms with van der Waals surface area (Å²) in [4.78, 5) is 4.81. The first-order valence-corrected chi connectivity index (χ1v) is 5.92. The lowest BCUT2D eigenvalue weighted by Gasteiger charge is -1.98. The molecule has 4 nitrogen and oxygen atoms in total. The van der Waals surface area contributed by atoms with Gasteiger partial charge in [-0.15, -0.1) is 11.3 Å². The molecule has 1 aromatic heterocycles. The lowest BCUT2D eigenvalue weighted by atomic mass is 10.4. The van der Waals surface area contributed by atoms with E-state index in [1.807, 2.05) is 6.92 Å². The smallest absolute Gasteiger partial charge is 0.264 e. The summed E-state index contributed by atoms with van der Waals surface area (Å²) in [5.74, 6) is 0. The number of aromatic nitrogens is 1. The van der Waals surface area contributed by atoms with Crippen molar-refractivity contribution in [2.75, 3.05) is 6.26 Å². The Morgan fingerprint density at radius 1 is 1.67 bits per heavy atom. The maximum atomic E-state index is 10.6. The molecule has 0 aromatic carbocycles. The highest BCUT2D eigenvalue weighted by atomic mass is 32.2. The number of hydrogen-bond donors (Lipinski definition) is 0. The first-order valence-electron chi connectivity index (χ1n) is 3.22. The van der Waals surface area contributed by atoms with E-state index in [2.05, 4.69) is 9.17 Å². The fourth-order valence-electron chi connectivity index (χ4n) is 0.625. The SMILES string of the molecule is Cc1ncsc1COS(C)(=O)=O. The molecule has 6 heteroatoms. The van der Waals surface area contributed by atoms with Gasteiger partial charge >= 0.3 is 0 Å². The van der Waals surface area contributed by atoms with Gasteiger partial charge in [0.05, 0.1) is 22.3 Å². The summed E-state index contributed by atoms with van der Waals surface area (Å²) >= 11 is 1.39. The van der Waals surface area contributed by atoms with Crippen LogP contribution in [0.4, 0.5) is 0 Å². The van der Waals surface area contributed by atoms with Gasteiger partial charge in [-0.25, -0.2) is 4.98 Å². The number of rotatable bonds is 3. The Hall–Kier alpha value is -0.460. The van der Waals surface area contributed by atoms with E-state index in [0.717, 1.165) is 16.8 Å². The lowest BCUT2D eigenvalue weighted by Crippen LogP contribution is -2.02. The van der Waals surface area contributed by atoms with E-state index < -0.39 is 10.1 Å². The van der Waals surface area contributed by atoms with E-state index in [9.17, 15) is 8.42 Å². The van der Waals surface area contributed by atoms with E-state index in [-0.39, 0.29) is 6.61 Å². The Kier molecular flexibility index (Phi) is 2.81. The molecule has 0 spiro atoms. The maximum Gasteiger partial charge on any atom is 0.264 e. The van der Waals surface area contributed by atoms with Crippen LogP contribution in [0.5, 0.6) is 0 Å². The second-order valence-corrected chi connectivity index (χ2v) is 4.91. The maximum absolute atomic E-state index is 10.6. The van der Waals surface area contributed by atoms with E-state index in [4.69, 9.17) is 0 Å². The Labute approximate surface area is 75.3 Å². The monoisotopic (exact) mass is 207 g/mol. The molecule has 0 aliphatic carbocycles. The Balaban J connectivity index is 2.61. The van der Waals surface area contributed by atoms with Gasteiger partial charge in [0.1, 0.15) is 6.61 Å². The minimum atomic E-state index is -3.34. The molecule has 0 fully saturated rings. The van der Waals surface area contributed by atoms with Gasteiger partial charge in [-0.3, -0.25) is 4.18 Å². The molecule has 0 amide bonds. The summed E-state index contributed by atoms with van der Waals surface area (Å²) in [7, 11) is -3.34. The van der Waals surface area contributed by atoms with Crippen molar-refractivity contribution in [3.8, 4) is 0 Å². The average molecular weight is 207 g/mol. The largest absolute Gasteiger partial charge is 0.265 e. The van der Waals surface area contributed by atoms with Gasteiger partial charge in [0.15, 0.2) is 0 Å². The van der Waals surface area contributed by atoms with Gasteiger partial charge in [0, 0.05) is 0 Å². The van der Waals surface area contributed by atoms with Crippen LogP contribution in [-0.2, 0) is 20.9 Å². The van der Waals surface area contributed by atoms with Gasteiger partial charge < -0.3 is 0 Å². The van der Waals surface area contributed by atoms with Crippen LogP contribution >= 0.6 is 11.3 Å². The molecule has 0 saturated carbocycles. The lowest BCUT2D eigenvalue weighted by molar-refractivity contribution is 0.314. The fourth-order valence-corrected chi connectivity index (χ4v) is 1.72. The molecule has 0 unspecified atom stereocenters. The van der Waals surface area contributed by atoms with Crippen LogP contribution in [0.3, 0.4) is 0 Å². The van der Waals surface area contributed by atoms with Gasteiger partial charge in [-0.2, -0.15) is 8.42 Å². The van der Waals surface area contributed by atoms with Crippen molar-refractivity contribution in [3.63, 3.8) is 0 Å². The Morgan fingerprint density at radius 2 is 2.33 bits per heavy atom. The zero-order valence-electron chi connectivity index (χ0n) is 6.77. The van der Waals surface area contributed by atoms with Crippen molar-refractivity contribution in [2.45, 2.75) is 13.5 Å². The van der Waals surface area contributed by atoms with E-state index in [1.54, 1.807) is 5.51 Å². The highest BCUT2D eigenvalue weighted by Crippen LogP contribution is 2.13. The summed E-state index contributed by atoms with van der Waals surface area (Å²) in [6.07, 6.45) is 1.03. The fraction of sp³-hybridized carbons (Fsp3) is 0.500. The molecule has 1 heterocycles. The number of thiazole rings is 1. The first-order chi connectivity index (χ1) is 5.49. The summed E-state index contributed by atoms with van der Waals surface area (Å²) in [6, 6.07) is 0. The molecule has 1 aromatic rings.